The third kappa shape index (κ3) is 2.85. The van der Waals surface area contributed by atoms with Crippen LogP contribution in [0.25, 0.3) is 21.5 Å². The van der Waals surface area contributed by atoms with Gasteiger partial charge in [0, 0.05) is 15.9 Å². The molecule has 1 N–H and O–H groups in total. The van der Waals surface area contributed by atoms with Crippen LogP contribution in [0.2, 0.25) is 0 Å². The van der Waals surface area contributed by atoms with E-state index in [-0.39, 0.29) is 5.75 Å². The van der Waals surface area contributed by atoms with Crippen molar-refractivity contribution in [3.05, 3.63) is 109 Å². The lowest BCUT2D eigenvalue weighted by Gasteiger charge is -2.23. The van der Waals surface area contributed by atoms with Gasteiger partial charge >= 0.3 is 0 Å². The molecule has 0 unspecified atom stereocenters. The summed E-state index contributed by atoms with van der Waals surface area (Å²) in [7, 11) is -3.20. The Bertz CT molecular complexity index is 1290. The molecular weight excluding hydrogens is 375 g/mol. The van der Waals surface area contributed by atoms with Crippen LogP contribution in [0.3, 0.4) is 0 Å². The average molecular weight is 394 g/mol. The van der Waals surface area contributed by atoms with Gasteiger partial charge in [-0.1, -0.05) is 84.9 Å². The maximum Gasteiger partial charge on any atom is 0.172 e. The van der Waals surface area contributed by atoms with Gasteiger partial charge in [0.2, 0.25) is 0 Å². The lowest BCUT2D eigenvalue weighted by Crippen LogP contribution is -2.26. The van der Waals surface area contributed by atoms with Crippen LogP contribution in [0.1, 0.15) is 0 Å². The molecule has 0 atom stereocenters. The van der Waals surface area contributed by atoms with Crippen LogP contribution in [-0.2, 0) is 4.57 Å². The number of benzene rings is 5. The Balaban J connectivity index is 1.93. The first-order valence-electron chi connectivity index (χ1n) is 9.54. The largest absolute Gasteiger partial charge is 0.508 e. The van der Waals surface area contributed by atoms with E-state index in [0.717, 1.165) is 32.2 Å². The van der Waals surface area contributed by atoms with Crippen molar-refractivity contribution in [3.63, 3.8) is 0 Å². The maximum atomic E-state index is 15.1. The second-order valence-electron chi connectivity index (χ2n) is 7.12. The van der Waals surface area contributed by atoms with E-state index in [4.69, 9.17) is 0 Å². The third-order valence-electron chi connectivity index (χ3n) is 5.43. The molecule has 0 aromatic heterocycles. The maximum absolute atomic E-state index is 15.1. The molecule has 3 heteroatoms. The van der Waals surface area contributed by atoms with E-state index in [1.807, 2.05) is 84.9 Å². The molecule has 5 rings (SSSR count). The topological polar surface area (TPSA) is 37.3 Å². The van der Waals surface area contributed by atoms with Crippen molar-refractivity contribution in [1.82, 2.24) is 0 Å². The summed E-state index contributed by atoms with van der Waals surface area (Å²) in [4.78, 5) is 0. The molecule has 0 aliphatic rings. The van der Waals surface area contributed by atoms with Gasteiger partial charge in [-0.25, -0.2) is 0 Å². The van der Waals surface area contributed by atoms with E-state index >= 15 is 4.57 Å². The highest BCUT2D eigenvalue weighted by Crippen LogP contribution is 2.46. The Morgan fingerprint density at radius 3 is 1.48 bits per heavy atom. The smallest absolute Gasteiger partial charge is 0.172 e. The molecule has 0 fully saturated rings. The van der Waals surface area contributed by atoms with E-state index in [0.29, 0.717) is 5.30 Å². The summed E-state index contributed by atoms with van der Waals surface area (Å²) in [6.07, 6.45) is 0. The number of hydrogen-bond acceptors (Lipinski definition) is 2. The fourth-order valence-electron chi connectivity index (χ4n) is 4.04. The van der Waals surface area contributed by atoms with Crippen LogP contribution < -0.4 is 15.9 Å². The molecule has 0 aliphatic carbocycles. The van der Waals surface area contributed by atoms with Gasteiger partial charge in [-0.15, -0.1) is 0 Å². The van der Waals surface area contributed by atoms with Crippen molar-refractivity contribution in [1.29, 1.82) is 0 Å². The van der Waals surface area contributed by atoms with Gasteiger partial charge in [0.05, 0.1) is 0 Å². The average Bonchev–Trinajstić information content (AvgIpc) is 2.78. The summed E-state index contributed by atoms with van der Waals surface area (Å²) >= 11 is 0. The van der Waals surface area contributed by atoms with E-state index in [1.54, 1.807) is 24.3 Å². The summed E-state index contributed by atoms with van der Waals surface area (Å²) in [5.74, 6) is 0.163. The van der Waals surface area contributed by atoms with Gasteiger partial charge in [0.15, 0.2) is 7.14 Å². The molecule has 29 heavy (non-hydrogen) atoms. The predicted octanol–water partition coefficient (Wildman–Crippen LogP) is 5.34. The van der Waals surface area contributed by atoms with E-state index in [2.05, 4.69) is 0 Å². The molecule has 0 saturated heterocycles. The molecule has 0 aliphatic heterocycles. The molecule has 140 valence electrons. The first-order valence-corrected chi connectivity index (χ1v) is 11.2. The number of phenolic OH excluding ortho intramolecular Hbond substituents is 1. The summed E-state index contributed by atoms with van der Waals surface area (Å²) in [5, 5.41) is 16.3. The lowest BCUT2D eigenvalue weighted by molar-refractivity contribution is 0.475. The van der Waals surface area contributed by atoms with Crippen molar-refractivity contribution in [3.8, 4) is 5.75 Å². The van der Waals surface area contributed by atoms with E-state index in [9.17, 15) is 5.11 Å². The molecule has 0 radical (unpaired) electrons. The van der Waals surface area contributed by atoms with E-state index < -0.39 is 7.14 Å². The first-order chi connectivity index (χ1) is 14.2. The highest BCUT2D eigenvalue weighted by Gasteiger charge is 2.32. The standard InChI is InChI=1S/C26H19O2P/c27-21-15-17-22(18-16-21)29(28,25-13-5-9-19-7-1-3-11-23(19)25)26-14-6-10-20-8-2-4-12-24(20)26/h1-18,27H. The van der Waals surface area contributed by atoms with Gasteiger partial charge in [-0.3, -0.25) is 0 Å². The summed E-state index contributed by atoms with van der Waals surface area (Å²) in [5.41, 5.74) is 0. The Kier molecular flexibility index (Phi) is 4.23. The summed E-state index contributed by atoms with van der Waals surface area (Å²) < 4.78 is 15.1. The molecule has 0 bridgehead atoms. The normalized spacial score (nSPS) is 11.7. The van der Waals surface area contributed by atoms with Crippen LogP contribution in [-0.4, -0.2) is 5.11 Å². The Hall–Kier alpha value is -3.35. The molecule has 0 heterocycles. The molecule has 0 saturated carbocycles. The monoisotopic (exact) mass is 394 g/mol. The van der Waals surface area contributed by atoms with Crippen LogP contribution >= 0.6 is 7.14 Å². The second-order valence-corrected chi connectivity index (χ2v) is 9.82. The zero-order chi connectivity index (χ0) is 19.8. The number of phenols is 1. The Morgan fingerprint density at radius 2 is 0.966 bits per heavy atom. The van der Waals surface area contributed by atoms with Crippen LogP contribution in [0, 0.1) is 0 Å². The van der Waals surface area contributed by atoms with Crippen molar-refractivity contribution in [2.24, 2.45) is 0 Å². The minimum Gasteiger partial charge on any atom is -0.508 e. The minimum absolute atomic E-state index is 0.163. The molecule has 2 nitrogen and oxygen atoms in total. The number of aromatic hydroxyl groups is 1. The molecular formula is C26H19O2P. The molecule has 5 aromatic carbocycles. The van der Waals surface area contributed by atoms with Crippen molar-refractivity contribution >= 4 is 44.6 Å². The molecule has 5 aromatic rings. The van der Waals surface area contributed by atoms with Crippen molar-refractivity contribution in [2.45, 2.75) is 0 Å². The Morgan fingerprint density at radius 1 is 0.517 bits per heavy atom. The Labute approximate surface area is 169 Å². The number of fused-ring (bicyclic) bond motifs is 2. The van der Waals surface area contributed by atoms with Crippen LogP contribution in [0.4, 0.5) is 0 Å². The zero-order valence-electron chi connectivity index (χ0n) is 15.7. The quantitative estimate of drug-likeness (QED) is 0.420. The number of hydrogen-bond donors (Lipinski definition) is 1. The second kappa shape index (κ2) is 6.92. The summed E-state index contributed by atoms with van der Waals surface area (Å²) in [6.45, 7) is 0. The molecule has 0 spiro atoms. The predicted molar refractivity (Wildman–Crippen MR) is 123 cm³/mol. The van der Waals surface area contributed by atoms with Crippen LogP contribution in [0.5, 0.6) is 5.75 Å². The zero-order valence-corrected chi connectivity index (χ0v) is 16.6. The highest BCUT2D eigenvalue weighted by molar-refractivity contribution is 7.86. The minimum atomic E-state index is -3.20. The highest BCUT2D eigenvalue weighted by atomic mass is 31.2. The van der Waals surface area contributed by atoms with Gasteiger partial charge in [-0.05, 0) is 45.8 Å². The number of rotatable bonds is 3. The van der Waals surface area contributed by atoms with E-state index in [1.165, 1.54) is 0 Å². The van der Waals surface area contributed by atoms with Gasteiger partial charge in [-0.2, -0.15) is 0 Å². The SMILES string of the molecule is O=P(c1ccc(O)cc1)(c1cccc2ccccc12)c1cccc2ccccc12. The summed E-state index contributed by atoms with van der Waals surface area (Å²) in [6, 6.07) is 34.8. The van der Waals surface area contributed by atoms with Gasteiger partial charge < -0.3 is 9.67 Å². The van der Waals surface area contributed by atoms with Crippen molar-refractivity contribution < 1.29 is 9.67 Å². The van der Waals surface area contributed by atoms with Crippen molar-refractivity contribution in [2.75, 3.05) is 0 Å². The molecule has 0 amide bonds. The van der Waals surface area contributed by atoms with Gasteiger partial charge in [0.1, 0.15) is 5.75 Å². The van der Waals surface area contributed by atoms with Crippen LogP contribution in [0.15, 0.2) is 109 Å². The fraction of sp³-hybridized carbons (Fsp3) is 0. The van der Waals surface area contributed by atoms with Gasteiger partial charge in [0.25, 0.3) is 0 Å². The third-order valence-corrected chi connectivity index (χ3v) is 8.59. The first kappa shape index (κ1) is 17.7. The fourth-order valence-corrected chi connectivity index (χ4v) is 7.10. The lowest BCUT2D eigenvalue weighted by atomic mass is 10.1.